The van der Waals surface area contributed by atoms with E-state index in [-0.39, 0.29) is 44.4 Å². The van der Waals surface area contributed by atoms with Crippen molar-refractivity contribution in [2.24, 2.45) is 10.8 Å². The van der Waals surface area contributed by atoms with Crippen molar-refractivity contribution in [3.63, 3.8) is 0 Å². The summed E-state index contributed by atoms with van der Waals surface area (Å²) in [6.07, 6.45) is -2.97. The Morgan fingerprint density at radius 3 is 1.52 bits per heavy atom. The number of phosphoric ester groups is 1. The SMILES string of the molecule is CC(C)(CO)[C@@H](O)C(=O)NCCC(=O)NCCSSCCNC(=O)CCNC(=O)[C@H](O)C(C)(C)COP(=O)(O)O. The van der Waals surface area contributed by atoms with Crippen molar-refractivity contribution in [3.05, 3.63) is 0 Å². The van der Waals surface area contributed by atoms with E-state index >= 15 is 0 Å². The van der Waals surface area contributed by atoms with Gasteiger partial charge in [0.25, 0.3) is 0 Å². The second-order valence-electron chi connectivity index (χ2n) is 10.1. The molecule has 0 fully saturated rings. The molecule has 15 nitrogen and oxygen atoms in total. The van der Waals surface area contributed by atoms with Gasteiger partial charge in [0.05, 0.1) is 13.2 Å². The van der Waals surface area contributed by atoms with E-state index in [0.717, 1.165) is 0 Å². The minimum atomic E-state index is -4.75. The molecule has 0 aromatic carbocycles. The summed E-state index contributed by atoms with van der Waals surface area (Å²) in [6.45, 7) is 5.80. The molecule has 18 heteroatoms. The Morgan fingerprint density at radius 1 is 0.750 bits per heavy atom. The topological polar surface area (TPSA) is 244 Å². The van der Waals surface area contributed by atoms with Gasteiger partial charge in [0.15, 0.2) is 0 Å². The Morgan fingerprint density at radius 2 is 1.15 bits per heavy atom. The first-order valence-electron chi connectivity index (χ1n) is 12.4. The van der Waals surface area contributed by atoms with Crippen LogP contribution in [0.5, 0.6) is 0 Å². The maximum Gasteiger partial charge on any atom is 0.469 e. The van der Waals surface area contributed by atoms with Crippen LogP contribution in [0.2, 0.25) is 0 Å². The molecule has 0 unspecified atom stereocenters. The Kier molecular flexibility index (Phi) is 18.2. The molecule has 0 aliphatic rings. The van der Waals surface area contributed by atoms with E-state index in [9.17, 15) is 39.1 Å². The third-order valence-electron chi connectivity index (χ3n) is 5.39. The average Bonchev–Trinajstić information content (AvgIpc) is 2.87. The summed E-state index contributed by atoms with van der Waals surface area (Å²) in [5, 5.41) is 39.4. The molecule has 0 heterocycles. The molecule has 4 amide bonds. The monoisotopic (exact) mass is 634 g/mol. The fourth-order valence-corrected chi connectivity index (χ4v) is 4.99. The van der Waals surface area contributed by atoms with E-state index in [0.29, 0.717) is 24.6 Å². The number of nitrogens with one attached hydrogen (secondary N) is 4. The maximum absolute atomic E-state index is 12.1. The second kappa shape index (κ2) is 18.9. The largest absolute Gasteiger partial charge is 0.469 e. The zero-order valence-corrected chi connectivity index (χ0v) is 25.7. The fourth-order valence-electron chi connectivity index (χ4n) is 2.68. The molecule has 234 valence electrons. The summed E-state index contributed by atoms with van der Waals surface area (Å²) in [4.78, 5) is 65.2. The summed E-state index contributed by atoms with van der Waals surface area (Å²) in [5.41, 5.74) is -2.26. The minimum absolute atomic E-state index is 0.0275. The third-order valence-corrected chi connectivity index (χ3v) is 8.26. The van der Waals surface area contributed by atoms with Crippen LogP contribution in [0, 0.1) is 10.8 Å². The van der Waals surface area contributed by atoms with Crippen LogP contribution in [-0.4, -0.2) is 112 Å². The summed E-state index contributed by atoms with van der Waals surface area (Å²) >= 11 is 0. The Bertz CT molecular complexity index is 874. The highest BCUT2D eigenvalue weighted by Gasteiger charge is 2.36. The molecule has 0 saturated heterocycles. The van der Waals surface area contributed by atoms with E-state index in [2.05, 4.69) is 25.8 Å². The van der Waals surface area contributed by atoms with Gasteiger partial charge in [-0.25, -0.2) is 4.57 Å². The van der Waals surface area contributed by atoms with Crippen molar-refractivity contribution in [1.29, 1.82) is 0 Å². The van der Waals surface area contributed by atoms with E-state index < -0.39 is 49.3 Å². The van der Waals surface area contributed by atoms with Gasteiger partial charge in [-0.3, -0.25) is 23.7 Å². The summed E-state index contributed by atoms with van der Waals surface area (Å²) in [5.74, 6) is -0.798. The number of carbonyl (C=O) groups excluding carboxylic acids is 4. The van der Waals surface area contributed by atoms with Crippen molar-refractivity contribution < 1.29 is 53.4 Å². The van der Waals surface area contributed by atoms with Crippen LogP contribution >= 0.6 is 29.4 Å². The van der Waals surface area contributed by atoms with E-state index in [1.807, 2.05) is 0 Å². The summed E-state index contributed by atoms with van der Waals surface area (Å²) in [7, 11) is -1.75. The van der Waals surface area contributed by atoms with Gasteiger partial charge in [-0.05, 0) is 0 Å². The van der Waals surface area contributed by atoms with Crippen LogP contribution in [0.3, 0.4) is 0 Å². The van der Waals surface area contributed by atoms with Crippen molar-refractivity contribution in [3.8, 4) is 0 Å². The molecular weight excluding hydrogens is 591 g/mol. The predicted molar refractivity (Wildman–Crippen MR) is 151 cm³/mol. The van der Waals surface area contributed by atoms with E-state index in [1.165, 1.54) is 35.4 Å². The first-order chi connectivity index (χ1) is 18.4. The lowest BCUT2D eigenvalue weighted by molar-refractivity contribution is -0.137. The summed E-state index contributed by atoms with van der Waals surface area (Å²) in [6, 6.07) is 0. The number of carbonyl (C=O) groups is 4. The number of rotatable bonds is 21. The first-order valence-corrected chi connectivity index (χ1v) is 16.4. The van der Waals surface area contributed by atoms with Crippen LogP contribution in [-0.2, 0) is 28.3 Å². The van der Waals surface area contributed by atoms with Crippen LogP contribution in [0.15, 0.2) is 0 Å². The van der Waals surface area contributed by atoms with Gasteiger partial charge in [0.1, 0.15) is 12.2 Å². The van der Waals surface area contributed by atoms with Gasteiger partial charge in [0.2, 0.25) is 23.6 Å². The van der Waals surface area contributed by atoms with Crippen molar-refractivity contribution >= 4 is 53.0 Å². The minimum Gasteiger partial charge on any atom is -0.396 e. The second-order valence-corrected chi connectivity index (χ2v) is 14.1. The number of aliphatic hydroxyl groups excluding tert-OH is 3. The lowest BCUT2D eigenvalue weighted by Gasteiger charge is -2.29. The highest BCUT2D eigenvalue weighted by molar-refractivity contribution is 8.76. The van der Waals surface area contributed by atoms with Gasteiger partial charge in [-0.15, -0.1) is 0 Å². The number of amides is 4. The van der Waals surface area contributed by atoms with E-state index in [4.69, 9.17) is 9.79 Å². The maximum atomic E-state index is 12.1. The first kappa shape index (κ1) is 38.6. The molecule has 0 aromatic rings. The predicted octanol–water partition coefficient (Wildman–Crippen LogP) is -1.51. The molecule has 0 aromatic heterocycles. The molecule has 9 N–H and O–H groups in total. The van der Waals surface area contributed by atoms with Crippen LogP contribution in [0.1, 0.15) is 40.5 Å². The fraction of sp³-hybridized carbons (Fsp3) is 0.818. The lowest BCUT2D eigenvalue weighted by atomic mass is 9.87. The molecule has 0 rings (SSSR count). The standard InChI is InChI=1S/C22H43N4O11PS2/c1-21(2,13-27)17(30)19(32)25-7-5-15(28)23-9-11-39-40-12-10-24-16(29)6-8-26-20(33)18(31)22(3,4)14-37-38(34,35)36/h17-18,27,30-31H,5-14H2,1-4H3,(H,23,28)(H,24,29)(H,25,32)(H,26,33)(H2,34,35,36)/t17-,18-/m0/s1. The highest BCUT2D eigenvalue weighted by atomic mass is 33.1. The lowest BCUT2D eigenvalue weighted by Crippen LogP contribution is -2.46. The zero-order chi connectivity index (χ0) is 31.0. The molecule has 0 bridgehead atoms. The highest BCUT2D eigenvalue weighted by Crippen LogP contribution is 2.38. The molecule has 40 heavy (non-hydrogen) atoms. The molecule has 2 atom stereocenters. The molecule has 0 saturated carbocycles. The van der Waals surface area contributed by atoms with Crippen molar-refractivity contribution in [2.75, 3.05) is 50.9 Å². The van der Waals surface area contributed by atoms with Gasteiger partial charge in [-0.2, -0.15) is 0 Å². The van der Waals surface area contributed by atoms with Gasteiger partial charge >= 0.3 is 7.82 Å². The van der Waals surface area contributed by atoms with E-state index in [1.54, 1.807) is 13.8 Å². The zero-order valence-electron chi connectivity index (χ0n) is 23.2. The quantitative estimate of drug-likeness (QED) is 0.0397. The van der Waals surface area contributed by atoms with Crippen LogP contribution in [0.25, 0.3) is 0 Å². The van der Waals surface area contributed by atoms with Crippen LogP contribution < -0.4 is 21.3 Å². The molecule has 0 aliphatic heterocycles. The van der Waals surface area contributed by atoms with Gasteiger partial charge in [0, 0.05) is 61.4 Å². The van der Waals surface area contributed by atoms with Crippen LogP contribution in [0.4, 0.5) is 0 Å². The number of phosphoric acid groups is 1. The van der Waals surface area contributed by atoms with Crippen molar-refractivity contribution in [1.82, 2.24) is 21.3 Å². The third kappa shape index (κ3) is 17.4. The van der Waals surface area contributed by atoms with Gasteiger partial charge < -0.3 is 46.4 Å². The summed E-state index contributed by atoms with van der Waals surface area (Å²) < 4.78 is 15.2. The number of aliphatic hydroxyl groups is 3. The Balaban J connectivity index is 3.87. The average molecular weight is 635 g/mol. The molecular formula is C22H43N4O11PS2. The molecule has 0 radical (unpaired) electrons. The molecule has 0 aliphatic carbocycles. The van der Waals surface area contributed by atoms with Gasteiger partial charge in [-0.1, -0.05) is 49.3 Å². The molecule has 0 spiro atoms. The normalized spacial score (nSPS) is 13.7. The Labute approximate surface area is 242 Å². The smallest absolute Gasteiger partial charge is 0.396 e. The number of hydrogen-bond donors (Lipinski definition) is 9. The van der Waals surface area contributed by atoms with Crippen molar-refractivity contribution in [2.45, 2.75) is 52.7 Å². The Hall–Kier alpha value is -1.43. The number of hydrogen-bond acceptors (Lipinski definition) is 11.